The smallest absolute Gasteiger partial charge is 0.303 e. The summed E-state index contributed by atoms with van der Waals surface area (Å²) in [5.41, 5.74) is 2.54. The number of unbranched alkanes of at least 4 members (excludes halogenated alkanes) is 15. The van der Waals surface area contributed by atoms with Crippen molar-refractivity contribution in [3.05, 3.63) is 23.5 Å². The minimum atomic E-state index is -0.737. The standard InChI is InChI=1S/C19H38.C11H21NO4.CH2O/c1-3-5-7-9-11-13-15-17-19-18-16-14-12-10-8-6-4-2;1-9(10(2)13)8-16-12-7-5-3-4-6-11(14)15;1-2/h5,7H,3-4,6,8-19H2,1-2H3;12-13H,3-8H2,1-2H3,(H,14,15);1H2/p+1/b7-5+;10-9-;. The monoisotopic (exact) mass is 528 g/mol. The molecular weight excluding hydrogens is 466 g/mol. The van der Waals surface area contributed by atoms with Crippen LogP contribution in [0.5, 0.6) is 0 Å². The number of carbonyl (C=O) groups is 2. The normalized spacial score (nSPS) is 11.4. The molecule has 0 saturated carbocycles. The van der Waals surface area contributed by atoms with E-state index in [2.05, 4.69) is 26.0 Å². The van der Waals surface area contributed by atoms with E-state index >= 15 is 0 Å². The molecule has 0 aromatic rings. The first-order chi connectivity index (χ1) is 18.0. The molecule has 0 amide bonds. The number of hydrogen-bond acceptors (Lipinski definition) is 4. The van der Waals surface area contributed by atoms with Gasteiger partial charge in [-0.25, -0.2) is 10.3 Å². The van der Waals surface area contributed by atoms with Gasteiger partial charge in [0.15, 0.2) is 0 Å². The zero-order valence-electron chi connectivity index (χ0n) is 24.9. The zero-order chi connectivity index (χ0) is 28.4. The van der Waals surface area contributed by atoms with Crippen molar-refractivity contribution in [2.45, 2.75) is 150 Å². The Morgan fingerprint density at radius 3 is 1.68 bits per heavy atom. The van der Waals surface area contributed by atoms with E-state index in [-0.39, 0.29) is 6.42 Å². The first kappa shape index (κ1) is 39.8. The largest absolute Gasteiger partial charge is 0.513 e. The molecule has 0 aliphatic rings. The number of aliphatic carboxylic acids is 1. The number of carbonyl (C=O) groups excluding carboxylic acids is 1. The molecule has 0 saturated heterocycles. The molecule has 0 fully saturated rings. The molecule has 0 heterocycles. The molecule has 0 spiro atoms. The Hall–Kier alpha value is -1.66. The summed E-state index contributed by atoms with van der Waals surface area (Å²) >= 11 is 0. The molecular formula is C31H62NO5+. The second kappa shape index (κ2) is 36.5. The molecule has 0 bridgehead atoms. The van der Waals surface area contributed by atoms with Crippen LogP contribution in [-0.4, -0.2) is 36.1 Å². The minimum absolute atomic E-state index is 0.242. The molecule has 0 aliphatic carbocycles. The number of allylic oxidation sites excluding steroid dienone is 3. The summed E-state index contributed by atoms with van der Waals surface area (Å²) in [6, 6.07) is 0. The van der Waals surface area contributed by atoms with Crippen molar-refractivity contribution in [2.75, 3.05) is 13.2 Å². The van der Waals surface area contributed by atoms with Crippen molar-refractivity contribution in [3.63, 3.8) is 0 Å². The lowest BCUT2D eigenvalue weighted by Gasteiger charge is -2.02. The molecule has 0 rings (SSSR count). The lowest BCUT2D eigenvalue weighted by atomic mass is 10.0. The molecule has 4 N–H and O–H groups in total. The fraction of sp³-hybridized carbons (Fsp3) is 0.806. The molecule has 0 unspecified atom stereocenters. The van der Waals surface area contributed by atoms with E-state index in [1.807, 2.05) is 13.7 Å². The summed E-state index contributed by atoms with van der Waals surface area (Å²) in [6.07, 6.45) is 28.8. The van der Waals surface area contributed by atoms with E-state index in [4.69, 9.17) is 19.8 Å². The van der Waals surface area contributed by atoms with Gasteiger partial charge in [-0.3, -0.25) is 4.79 Å². The highest BCUT2D eigenvalue weighted by Crippen LogP contribution is 2.13. The van der Waals surface area contributed by atoms with Crippen LogP contribution in [-0.2, 0) is 14.4 Å². The lowest BCUT2D eigenvalue weighted by molar-refractivity contribution is -0.894. The summed E-state index contributed by atoms with van der Waals surface area (Å²) in [5, 5.41) is 17.5. The van der Waals surface area contributed by atoms with Crippen LogP contribution in [0.4, 0.5) is 0 Å². The van der Waals surface area contributed by atoms with E-state index in [1.54, 1.807) is 12.4 Å². The number of aliphatic hydroxyl groups is 1. The minimum Gasteiger partial charge on any atom is -0.513 e. The van der Waals surface area contributed by atoms with Gasteiger partial charge in [-0.2, -0.15) is 0 Å². The van der Waals surface area contributed by atoms with E-state index in [9.17, 15) is 4.79 Å². The Morgan fingerprint density at radius 1 is 0.730 bits per heavy atom. The average Bonchev–Trinajstić information content (AvgIpc) is 2.89. The van der Waals surface area contributed by atoms with Crippen molar-refractivity contribution in [3.8, 4) is 0 Å². The highest BCUT2D eigenvalue weighted by atomic mass is 16.6. The number of nitrogens with two attached hydrogens (primary N) is 1. The van der Waals surface area contributed by atoms with Crippen molar-refractivity contribution in [1.82, 2.24) is 0 Å². The maximum Gasteiger partial charge on any atom is 0.303 e. The highest BCUT2D eigenvalue weighted by molar-refractivity contribution is 5.66. The Kier molecular flexibility index (Phi) is 39.3. The number of aliphatic hydroxyl groups excluding tert-OH is 1. The summed E-state index contributed by atoms with van der Waals surface area (Å²) in [6.45, 7) is 11.2. The molecule has 0 atom stereocenters. The van der Waals surface area contributed by atoms with Crippen molar-refractivity contribution in [1.29, 1.82) is 0 Å². The molecule has 0 aromatic carbocycles. The van der Waals surface area contributed by atoms with Crippen molar-refractivity contribution < 1.29 is 30.1 Å². The fourth-order valence-corrected chi connectivity index (χ4v) is 3.62. The number of carboxylic acid groups (broad SMARTS) is 1. The Labute approximate surface area is 229 Å². The third-order valence-electron chi connectivity index (χ3n) is 6.12. The van der Waals surface area contributed by atoms with Gasteiger partial charge in [-0.05, 0) is 57.9 Å². The van der Waals surface area contributed by atoms with E-state index < -0.39 is 5.97 Å². The number of hydroxylamine groups is 1. The summed E-state index contributed by atoms with van der Waals surface area (Å²) in [5.74, 6) is -0.436. The molecule has 37 heavy (non-hydrogen) atoms. The molecule has 220 valence electrons. The van der Waals surface area contributed by atoms with Crippen LogP contribution >= 0.6 is 0 Å². The van der Waals surface area contributed by atoms with Gasteiger partial charge in [0.2, 0.25) is 0 Å². The van der Waals surface area contributed by atoms with Crippen molar-refractivity contribution >= 4 is 12.8 Å². The van der Waals surface area contributed by atoms with Gasteiger partial charge in [0.1, 0.15) is 19.9 Å². The van der Waals surface area contributed by atoms with Gasteiger partial charge in [-0.15, -0.1) is 0 Å². The maximum absolute atomic E-state index is 10.2. The summed E-state index contributed by atoms with van der Waals surface area (Å²) in [4.78, 5) is 23.4. The van der Waals surface area contributed by atoms with E-state index in [0.717, 1.165) is 31.4 Å². The van der Waals surface area contributed by atoms with Crippen molar-refractivity contribution in [2.24, 2.45) is 0 Å². The van der Waals surface area contributed by atoms with Gasteiger partial charge in [0, 0.05) is 6.42 Å². The van der Waals surface area contributed by atoms with Crippen LogP contribution in [0.25, 0.3) is 0 Å². The Balaban J connectivity index is -0.000000593. The van der Waals surface area contributed by atoms with E-state index in [0.29, 0.717) is 12.4 Å². The van der Waals surface area contributed by atoms with Crippen LogP contribution in [0.3, 0.4) is 0 Å². The average molecular weight is 529 g/mol. The highest BCUT2D eigenvalue weighted by Gasteiger charge is 1.99. The molecule has 6 heteroatoms. The van der Waals surface area contributed by atoms with Gasteiger partial charge in [0.25, 0.3) is 0 Å². The van der Waals surface area contributed by atoms with Gasteiger partial charge < -0.3 is 15.0 Å². The lowest BCUT2D eigenvalue weighted by Crippen LogP contribution is -2.83. The summed E-state index contributed by atoms with van der Waals surface area (Å²) < 4.78 is 0. The number of quaternary nitrogens is 1. The van der Waals surface area contributed by atoms with Crippen LogP contribution in [0.15, 0.2) is 23.5 Å². The van der Waals surface area contributed by atoms with E-state index in [1.165, 1.54) is 96.3 Å². The topological polar surface area (TPSA) is 100 Å². The second-order valence-corrected chi connectivity index (χ2v) is 9.75. The molecule has 0 aromatic heterocycles. The predicted molar refractivity (Wildman–Crippen MR) is 157 cm³/mol. The Morgan fingerprint density at radius 2 is 1.22 bits per heavy atom. The van der Waals surface area contributed by atoms with Crippen LogP contribution in [0.1, 0.15) is 150 Å². The fourth-order valence-electron chi connectivity index (χ4n) is 3.62. The zero-order valence-corrected chi connectivity index (χ0v) is 24.9. The van der Waals surface area contributed by atoms with Gasteiger partial charge in [-0.1, -0.05) is 103 Å². The van der Waals surface area contributed by atoms with Crippen LogP contribution < -0.4 is 5.48 Å². The predicted octanol–water partition coefficient (Wildman–Crippen LogP) is 8.23. The third kappa shape index (κ3) is 41.7. The number of hydrogen-bond donors (Lipinski definition) is 3. The quantitative estimate of drug-likeness (QED) is 0.0507. The maximum atomic E-state index is 10.2. The first-order valence-electron chi connectivity index (χ1n) is 14.9. The Bertz CT molecular complexity index is 516. The first-order valence-corrected chi connectivity index (χ1v) is 14.9. The molecule has 0 radical (unpaired) electrons. The van der Waals surface area contributed by atoms with Gasteiger partial charge >= 0.3 is 5.97 Å². The summed E-state index contributed by atoms with van der Waals surface area (Å²) in [7, 11) is 0. The van der Waals surface area contributed by atoms with Gasteiger partial charge in [0.05, 0.1) is 5.76 Å². The van der Waals surface area contributed by atoms with Crippen LogP contribution in [0.2, 0.25) is 0 Å². The molecule has 0 aliphatic heterocycles. The number of carboxylic acids is 1. The third-order valence-corrected chi connectivity index (χ3v) is 6.12. The SMILES string of the molecule is C/C(O)=C(\C)CO[NH2+]CCCCCC(=O)O.C=O.CC/C=C/CCCCCCCCCCCCCCC. The molecule has 6 nitrogen and oxygen atoms in total. The number of rotatable bonds is 24. The van der Waals surface area contributed by atoms with Crippen LogP contribution in [0, 0.1) is 0 Å². The second-order valence-electron chi connectivity index (χ2n) is 9.75.